The van der Waals surface area contributed by atoms with Crippen molar-refractivity contribution in [3.63, 3.8) is 0 Å². The number of benzene rings is 2. The van der Waals surface area contributed by atoms with Gasteiger partial charge in [-0.2, -0.15) is 4.39 Å². The van der Waals surface area contributed by atoms with Crippen molar-refractivity contribution in [1.29, 1.82) is 0 Å². The summed E-state index contributed by atoms with van der Waals surface area (Å²) < 4.78 is 33.2. The number of nitrogens with one attached hydrogen (secondary N) is 3. The SMILES string of the molecule is CCc1cc(NC(=O)c2ncc(-c3ccc(OC)c(F)c3F)[nH]2)ccc1C(=O)NC1CN(C(=O)CN)C1. The van der Waals surface area contributed by atoms with Crippen LogP contribution >= 0.6 is 0 Å². The van der Waals surface area contributed by atoms with E-state index in [0.29, 0.717) is 36.3 Å². The van der Waals surface area contributed by atoms with Gasteiger partial charge in [-0.15, -0.1) is 0 Å². The van der Waals surface area contributed by atoms with E-state index in [4.69, 9.17) is 10.5 Å². The van der Waals surface area contributed by atoms with Crippen LogP contribution < -0.4 is 21.1 Å². The van der Waals surface area contributed by atoms with E-state index in [0.717, 1.165) is 0 Å². The fourth-order valence-electron chi connectivity index (χ4n) is 4.01. The van der Waals surface area contributed by atoms with E-state index in [-0.39, 0.29) is 47.2 Å². The molecule has 0 aliphatic carbocycles. The number of likely N-dealkylation sites (tertiary alicyclic amines) is 1. The number of amides is 3. The van der Waals surface area contributed by atoms with E-state index in [1.165, 1.54) is 25.4 Å². The minimum absolute atomic E-state index is 0.0654. The Balaban J connectivity index is 1.43. The van der Waals surface area contributed by atoms with Crippen LogP contribution in [-0.2, 0) is 11.2 Å². The second-order valence-electron chi connectivity index (χ2n) is 8.44. The number of anilines is 1. The molecule has 1 saturated heterocycles. The summed E-state index contributed by atoms with van der Waals surface area (Å²) in [5, 5.41) is 5.58. The highest BCUT2D eigenvalue weighted by atomic mass is 19.2. The molecular formula is C25H26F2N6O4. The molecule has 0 spiro atoms. The van der Waals surface area contributed by atoms with Gasteiger partial charge in [0.25, 0.3) is 11.8 Å². The Labute approximate surface area is 211 Å². The molecule has 4 rings (SSSR count). The minimum Gasteiger partial charge on any atom is -0.494 e. The van der Waals surface area contributed by atoms with Gasteiger partial charge in [0.05, 0.1) is 31.6 Å². The molecule has 0 saturated carbocycles. The van der Waals surface area contributed by atoms with Crippen LogP contribution in [0.25, 0.3) is 11.3 Å². The van der Waals surface area contributed by atoms with E-state index in [2.05, 4.69) is 20.6 Å². The van der Waals surface area contributed by atoms with Crippen LogP contribution in [0.5, 0.6) is 5.75 Å². The maximum Gasteiger partial charge on any atom is 0.291 e. The lowest BCUT2D eigenvalue weighted by atomic mass is 10.0. The number of hydrogen-bond donors (Lipinski definition) is 4. The standard InChI is InChI=1S/C25H26F2N6O4/c1-3-13-8-14(4-5-16(13)24(35)31-15-11-33(12-15)20(34)9-28)30-25(36)23-29-10-18(32-23)17-6-7-19(37-2)22(27)21(17)26/h4-8,10,15H,3,9,11-12,28H2,1-2H3,(H,29,32)(H,30,36)(H,31,35). The van der Waals surface area contributed by atoms with Crippen molar-refractivity contribution in [2.75, 3.05) is 32.1 Å². The van der Waals surface area contributed by atoms with Crippen molar-refractivity contribution in [3.05, 3.63) is 65.1 Å². The van der Waals surface area contributed by atoms with E-state index < -0.39 is 17.5 Å². The van der Waals surface area contributed by atoms with Crippen LogP contribution in [0.15, 0.2) is 36.5 Å². The second kappa shape index (κ2) is 10.7. The summed E-state index contributed by atoms with van der Waals surface area (Å²) in [4.78, 5) is 45.3. The topological polar surface area (TPSA) is 142 Å². The van der Waals surface area contributed by atoms with Gasteiger partial charge in [-0.1, -0.05) is 6.92 Å². The number of nitrogens with zero attached hydrogens (tertiary/aromatic N) is 2. The number of rotatable bonds is 8. The third-order valence-electron chi connectivity index (χ3n) is 6.08. The summed E-state index contributed by atoms with van der Waals surface area (Å²) in [7, 11) is 1.23. The summed E-state index contributed by atoms with van der Waals surface area (Å²) in [5.74, 6) is -3.65. The van der Waals surface area contributed by atoms with Gasteiger partial charge < -0.3 is 31.0 Å². The van der Waals surface area contributed by atoms with Gasteiger partial charge in [0.1, 0.15) is 0 Å². The van der Waals surface area contributed by atoms with E-state index in [1.807, 2.05) is 6.92 Å². The number of ether oxygens (including phenoxy) is 1. The lowest BCUT2D eigenvalue weighted by Crippen LogP contribution is -2.62. The largest absolute Gasteiger partial charge is 0.494 e. The van der Waals surface area contributed by atoms with Crippen LogP contribution in [0.3, 0.4) is 0 Å². The Hall–Kier alpha value is -4.32. The fraction of sp³-hybridized carbons (Fsp3) is 0.280. The van der Waals surface area contributed by atoms with Gasteiger partial charge >= 0.3 is 0 Å². The molecule has 2 aromatic carbocycles. The number of aromatic nitrogens is 2. The first-order valence-corrected chi connectivity index (χ1v) is 11.6. The van der Waals surface area contributed by atoms with Gasteiger partial charge in [-0.05, 0) is 42.3 Å². The molecule has 0 bridgehead atoms. The summed E-state index contributed by atoms with van der Waals surface area (Å²) in [6, 6.07) is 7.32. The molecule has 12 heteroatoms. The molecule has 1 fully saturated rings. The quantitative estimate of drug-likeness (QED) is 0.364. The highest BCUT2D eigenvalue weighted by Crippen LogP contribution is 2.29. The first-order chi connectivity index (χ1) is 17.7. The third-order valence-corrected chi connectivity index (χ3v) is 6.08. The van der Waals surface area contributed by atoms with Crippen LogP contribution in [0.1, 0.15) is 33.5 Å². The zero-order chi connectivity index (χ0) is 26.7. The lowest BCUT2D eigenvalue weighted by Gasteiger charge is -2.39. The first-order valence-electron chi connectivity index (χ1n) is 11.6. The van der Waals surface area contributed by atoms with Gasteiger partial charge in [-0.3, -0.25) is 14.4 Å². The van der Waals surface area contributed by atoms with Crippen LogP contribution in [0.2, 0.25) is 0 Å². The third kappa shape index (κ3) is 5.28. The number of carbonyl (C=O) groups is 3. The summed E-state index contributed by atoms with van der Waals surface area (Å²) in [6.07, 6.45) is 1.76. The molecule has 3 amide bonds. The van der Waals surface area contributed by atoms with Crippen molar-refractivity contribution in [2.45, 2.75) is 19.4 Å². The van der Waals surface area contributed by atoms with Crippen molar-refractivity contribution >= 4 is 23.4 Å². The number of aryl methyl sites for hydroxylation is 1. The molecule has 1 aliphatic rings. The molecule has 5 N–H and O–H groups in total. The molecule has 0 radical (unpaired) electrons. The van der Waals surface area contributed by atoms with Crippen LogP contribution in [-0.4, -0.2) is 65.4 Å². The minimum atomic E-state index is -1.14. The maximum atomic E-state index is 14.4. The number of H-pyrrole nitrogens is 1. The Morgan fingerprint density at radius 2 is 1.92 bits per heavy atom. The predicted molar refractivity (Wildman–Crippen MR) is 131 cm³/mol. The van der Waals surface area contributed by atoms with Crippen molar-refractivity contribution < 1.29 is 27.9 Å². The molecular weight excluding hydrogens is 486 g/mol. The molecule has 2 heterocycles. The molecule has 37 heavy (non-hydrogen) atoms. The smallest absolute Gasteiger partial charge is 0.291 e. The Bertz CT molecular complexity index is 1350. The number of carbonyl (C=O) groups excluding carboxylic acids is 3. The number of imidazole rings is 1. The van der Waals surface area contributed by atoms with Crippen molar-refractivity contribution in [1.82, 2.24) is 20.2 Å². The monoisotopic (exact) mass is 512 g/mol. The average Bonchev–Trinajstić information content (AvgIpc) is 3.37. The second-order valence-corrected chi connectivity index (χ2v) is 8.44. The molecule has 3 aromatic rings. The maximum absolute atomic E-state index is 14.4. The molecule has 1 aliphatic heterocycles. The molecule has 194 valence electrons. The molecule has 1 aromatic heterocycles. The number of nitrogens with two attached hydrogens (primary N) is 1. The molecule has 0 atom stereocenters. The Morgan fingerprint density at radius 1 is 1.16 bits per heavy atom. The Morgan fingerprint density at radius 3 is 2.59 bits per heavy atom. The Kier molecular flexibility index (Phi) is 7.48. The van der Waals surface area contributed by atoms with Crippen molar-refractivity contribution in [2.24, 2.45) is 5.73 Å². The fourth-order valence-corrected chi connectivity index (χ4v) is 4.01. The summed E-state index contributed by atoms with van der Waals surface area (Å²) >= 11 is 0. The van der Waals surface area contributed by atoms with Gasteiger partial charge in [0.2, 0.25) is 11.7 Å². The van der Waals surface area contributed by atoms with E-state index in [1.54, 1.807) is 23.1 Å². The van der Waals surface area contributed by atoms with Gasteiger partial charge in [0, 0.05) is 29.9 Å². The van der Waals surface area contributed by atoms with Crippen LogP contribution in [0.4, 0.5) is 14.5 Å². The van der Waals surface area contributed by atoms with Gasteiger partial charge in [0.15, 0.2) is 17.4 Å². The summed E-state index contributed by atoms with van der Waals surface area (Å²) in [5.41, 5.74) is 6.96. The lowest BCUT2D eigenvalue weighted by molar-refractivity contribution is -0.134. The van der Waals surface area contributed by atoms with E-state index in [9.17, 15) is 23.2 Å². The predicted octanol–water partition coefficient (Wildman–Crippen LogP) is 2.08. The summed E-state index contributed by atoms with van der Waals surface area (Å²) in [6.45, 7) is 2.64. The highest BCUT2D eigenvalue weighted by Gasteiger charge is 2.31. The molecule has 0 unspecified atom stereocenters. The zero-order valence-electron chi connectivity index (χ0n) is 20.2. The number of halogens is 2. The number of hydrogen-bond acceptors (Lipinski definition) is 6. The van der Waals surface area contributed by atoms with E-state index >= 15 is 0 Å². The number of aromatic amines is 1. The number of methoxy groups -OCH3 is 1. The normalized spacial score (nSPS) is 13.2. The highest BCUT2D eigenvalue weighted by molar-refractivity contribution is 6.03. The molecule has 10 nitrogen and oxygen atoms in total. The average molecular weight is 513 g/mol. The zero-order valence-corrected chi connectivity index (χ0v) is 20.2. The first kappa shape index (κ1) is 25.8. The van der Waals surface area contributed by atoms with Crippen molar-refractivity contribution in [3.8, 4) is 17.0 Å². The van der Waals surface area contributed by atoms with Gasteiger partial charge in [-0.25, -0.2) is 9.37 Å². The van der Waals surface area contributed by atoms with Crippen LogP contribution in [0, 0.1) is 11.6 Å².